The summed E-state index contributed by atoms with van der Waals surface area (Å²) in [5.41, 5.74) is -1.07. The molecule has 1 N–H and O–H groups in total. The predicted molar refractivity (Wildman–Crippen MR) is 42.6 cm³/mol. The zero-order valence-corrected chi connectivity index (χ0v) is 6.99. The van der Waals surface area contributed by atoms with Gasteiger partial charge in [0.1, 0.15) is 12.1 Å². The Morgan fingerprint density at radius 1 is 1.73 bits per heavy atom. The molecule has 1 saturated heterocycles. The number of thioether (sulfide) groups is 1. The number of halogens is 1. The van der Waals surface area contributed by atoms with Crippen molar-refractivity contribution in [2.75, 3.05) is 18.2 Å². The molecule has 0 aromatic carbocycles. The minimum absolute atomic E-state index is 0.429. The van der Waals surface area contributed by atoms with Gasteiger partial charge in [0.15, 0.2) is 0 Å². The highest BCUT2D eigenvalue weighted by Gasteiger charge is 2.40. The van der Waals surface area contributed by atoms with Gasteiger partial charge >= 0.3 is 5.97 Å². The van der Waals surface area contributed by atoms with Gasteiger partial charge in [-0.15, -0.1) is 0 Å². The van der Waals surface area contributed by atoms with Crippen LogP contribution >= 0.6 is 11.8 Å². The maximum Gasteiger partial charge on any atom is 0.313 e. The van der Waals surface area contributed by atoms with Gasteiger partial charge in [-0.25, -0.2) is 4.39 Å². The molecule has 1 aliphatic heterocycles. The van der Waals surface area contributed by atoms with E-state index in [1.165, 1.54) is 11.8 Å². The summed E-state index contributed by atoms with van der Waals surface area (Å²) in [4.78, 5) is 10.7. The molecule has 64 valence electrons. The van der Waals surface area contributed by atoms with Gasteiger partial charge in [-0.2, -0.15) is 11.8 Å². The quantitative estimate of drug-likeness (QED) is 0.697. The summed E-state index contributed by atoms with van der Waals surface area (Å²) in [5.74, 6) is 0.417. The Morgan fingerprint density at radius 2 is 2.45 bits per heavy atom. The van der Waals surface area contributed by atoms with Crippen LogP contribution in [-0.2, 0) is 4.79 Å². The topological polar surface area (TPSA) is 37.3 Å². The fraction of sp³-hybridized carbons (Fsp3) is 0.857. The molecule has 1 rings (SSSR count). The molecule has 0 saturated carbocycles. The lowest BCUT2D eigenvalue weighted by Gasteiger charge is -2.29. The molecular formula is C7H11FO2S. The number of hydrogen-bond acceptors (Lipinski definition) is 2. The van der Waals surface area contributed by atoms with Crippen LogP contribution in [-0.4, -0.2) is 29.3 Å². The van der Waals surface area contributed by atoms with Gasteiger partial charge in [-0.1, -0.05) is 0 Å². The number of hydrogen-bond donors (Lipinski definition) is 1. The van der Waals surface area contributed by atoms with E-state index in [4.69, 9.17) is 5.11 Å². The second-order valence-electron chi connectivity index (χ2n) is 2.88. The number of aliphatic carboxylic acids is 1. The maximum absolute atomic E-state index is 12.4. The molecule has 1 heterocycles. The molecule has 0 aromatic rings. The van der Waals surface area contributed by atoms with E-state index in [2.05, 4.69) is 0 Å². The van der Waals surface area contributed by atoms with E-state index in [0.717, 1.165) is 12.2 Å². The second-order valence-corrected chi connectivity index (χ2v) is 3.98. The van der Waals surface area contributed by atoms with Gasteiger partial charge in [0.05, 0.1) is 0 Å². The van der Waals surface area contributed by atoms with Gasteiger partial charge in [-0.3, -0.25) is 4.79 Å². The Morgan fingerprint density at radius 3 is 2.73 bits per heavy atom. The van der Waals surface area contributed by atoms with Gasteiger partial charge in [0.25, 0.3) is 0 Å². The first kappa shape index (κ1) is 8.84. The van der Waals surface area contributed by atoms with E-state index in [9.17, 15) is 9.18 Å². The number of alkyl halides is 1. The summed E-state index contributed by atoms with van der Waals surface area (Å²) in [6.07, 6.45) is 1.31. The smallest absolute Gasteiger partial charge is 0.313 e. The molecule has 1 unspecified atom stereocenters. The number of carboxylic acid groups (broad SMARTS) is 1. The average molecular weight is 178 g/mol. The Kier molecular flexibility index (Phi) is 2.76. The molecule has 1 fully saturated rings. The Balaban J connectivity index is 2.64. The second kappa shape index (κ2) is 3.43. The third kappa shape index (κ3) is 1.67. The Hall–Kier alpha value is -0.250. The van der Waals surface area contributed by atoms with Crippen LogP contribution in [0.25, 0.3) is 0 Å². The highest BCUT2D eigenvalue weighted by molar-refractivity contribution is 7.99. The van der Waals surface area contributed by atoms with E-state index >= 15 is 0 Å². The van der Waals surface area contributed by atoms with Crippen LogP contribution in [0.3, 0.4) is 0 Å². The molecule has 1 atom stereocenters. The summed E-state index contributed by atoms with van der Waals surface area (Å²) in [7, 11) is 0. The molecule has 0 spiro atoms. The van der Waals surface area contributed by atoms with Crippen molar-refractivity contribution in [3.63, 3.8) is 0 Å². The summed E-state index contributed by atoms with van der Waals surface area (Å²) < 4.78 is 12.4. The number of carboxylic acids is 1. The molecule has 11 heavy (non-hydrogen) atoms. The fourth-order valence-corrected chi connectivity index (χ4v) is 2.41. The van der Waals surface area contributed by atoms with Crippen LogP contribution in [0, 0.1) is 5.41 Å². The molecular weight excluding hydrogens is 167 g/mol. The van der Waals surface area contributed by atoms with Crippen LogP contribution in [0.2, 0.25) is 0 Å². The van der Waals surface area contributed by atoms with Crippen molar-refractivity contribution in [1.82, 2.24) is 0 Å². The lowest BCUT2D eigenvalue weighted by Crippen LogP contribution is -2.38. The van der Waals surface area contributed by atoms with E-state index in [1.54, 1.807) is 0 Å². The molecule has 0 radical (unpaired) electrons. The molecule has 0 bridgehead atoms. The van der Waals surface area contributed by atoms with E-state index in [1.807, 2.05) is 0 Å². The molecule has 0 aliphatic carbocycles. The third-order valence-electron chi connectivity index (χ3n) is 2.03. The summed E-state index contributed by atoms with van der Waals surface area (Å²) in [5, 5.41) is 8.74. The highest BCUT2D eigenvalue weighted by atomic mass is 32.2. The highest BCUT2D eigenvalue weighted by Crippen LogP contribution is 2.35. The van der Waals surface area contributed by atoms with Crippen LogP contribution < -0.4 is 0 Å². The minimum Gasteiger partial charge on any atom is -0.481 e. The van der Waals surface area contributed by atoms with Gasteiger partial charge in [-0.05, 0) is 18.6 Å². The maximum atomic E-state index is 12.4. The lowest BCUT2D eigenvalue weighted by atomic mass is 9.87. The molecule has 0 aromatic heterocycles. The van der Waals surface area contributed by atoms with E-state index < -0.39 is 18.1 Å². The van der Waals surface area contributed by atoms with Crippen LogP contribution in [0.4, 0.5) is 4.39 Å². The zero-order valence-electron chi connectivity index (χ0n) is 6.18. The largest absolute Gasteiger partial charge is 0.481 e. The number of rotatable bonds is 2. The van der Waals surface area contributed by atoms with Gasteiger partial charge in [0.2, 0.25) is 0 Å². The van der Waals surface area contributed by atoms with E-state index in [-0.39, 0.29) is 0 Å². The molecule has 2 nitrogen and oxygen atoms in total. The van der Waals surface area contributed by atoms with Gasteiger partial charge in [0, 0.05) is 5.75 Å². The first-order chi connectivity index (χ1) is 5.21. The molecule has 0 amide bonds. The normalized spacial score (nSPS) is 31.7. The van der Waals surface area contributed by atoms with Crippen LogP contribution in [0.15, 0.2) is 0 Å². The van der Waals surface area contributed by atoms with Crippen molar-refractivity contribution in [2.45, 2.75) is 12.8 Å². The first-order valence-electron chi connectivity index (χ1n) is 3.58. The standard InChI is InChI=1S/C7H11FO2S/c8-4-7(6(9)10)2-1-3-11-5-7/h1-5H2,(H,9,10). The van der Waals surface area contributed by atoms with Crippen LogP contribution in [0.5, 0.6) is 0 Å². The summed E-state index contributed by atoms with van der Waals surface area (Å²) in [6, 6.07) is 0. The zero-order chi connectivity index (χ0) is 8.32. The van der Waals surface area contributed by atoms with Crippen molar-refractivity contribution in [3.8, 4) is 0 Å². The predicted octanol–water partition coefficient (Wildman–Crippen LogP) is 1.55. The Bertz CT molecular complexity index is 155. The first-order valence-corrected chi connectivity index (χ1v) is 4.74. The van der Waals surface area contributed by atoms with Crippen molar-refractivity contribution < 1.29 is 14.3 Å². The fourth-order valence-electron chi connectivity index (χ4n) is 1.18. The van der Waals surface area contributed by atoms with E-state index in [0.29, 0.717) is 12.2 Å². The summed E-state index contributed by atoms with van der Waals surface area (Å²) >= 11 is 1.53. The third-order valence-corrected chi connectivity index (χ3v) is 3.37. The average Bonchev–Trinajstić information content (AvgIpc) is 2.05. The van der Waals surface area contributed by atoms with Crippen molar-refractivity contribution in [3.05, 3.63) is 0 Å². The van der Waals surface area contributed by atoms with Gasteiger partial charge < -0.3 is 5.11 Å². The molecule has 4 heteroatoms. The minimum atomic E-state index is -1.07. The Labute approximate surface area is 69.2 Å². The lowest BCUT2D eigenvalue weighted by molar-refractivity contribution is -0.149. The van der Waals surface area contributed by atoms with Crippen molar-refractivity contribution in [1.29, 1.82) is 0 Å². The molecule has 1 aliphatic rings. The summed E-state index contributed by atoms with van der Waals surface area (Å²) in [6.45, 7) is -0.727. The van der Waals surface area contributed by atoms with Crippen molar-refractivity contribution >= 4 is 17.7 Å². The monoisotopic (exact) mass is 178 g/mol. The van der Waals surface area contributed by atoms with Crippen LogP contribution in [0.1, 0.15) is 12.8 Å². The number of carbonyl (C=O) groups is 1. The van der Waals surface area contributed by atoms with Crippen molar-refractivity contribution in [2.24, 2.45) is 5.41 Å². The SMILES string of the molecule is O=C(O)C1(CF)CCCSC1.